The molecule has 0 aromatic heterocycles. The fourth-order valence-corrected chi connectivity index (χ4v) is 1.81. The van der Waals surface area contributed by atoms with Crippen LogP contribution in [0.5, 0.6) is 0 Å². The van der Waals surface area contributed by atoms with Gasteiger partial charge >= 0.3 is 0 Å². The van der Waals surface area contributed by atoms with Crippen LogP contribution < -0.4 is 5.32 Å². The Morgan fingerprint density at radius 2 is 1.89 bits per heavy atom. The van der Waals surface area contributed by atoms with Crippen molar-refractivity contribution in [3.05, 3.63) is 35.4 Å². The van der Waals surface area contributed by atoms with Crippen molar-refractivity contribution in [3.8, 4) is 0 Å². The molecule has 2 amide bonds. The maximum Gasteiger partial charge on any atom is 0.253 e. The van der Waals surface area contributed by atoms with Gasteiger partial charge in [0.15, 0.2) is 0 Å². The minimum atomic E-state index is -0.956. The molecule has 0 saturated heterocycles. The first-order chi connectivity index (χ1) is 8.74. The highest BCUT2D eigenvalue weighted by Gasteiger charge is 2.20. The Balaban J connectivity index is 2.91. The molecule has 0 atom stereocenters. The van der Waals surface area contributed by atoms with E-state index in [0.29, 0.717) is 11.1 Å². The van der Waals surface area contributed by atoms with Gasteiger partial charge in [0, 0.05) is 31.8 Å². The Kier molecular flexibility index (Phi) is 4.67. The molecule has 1 aromatic carbocycles. The minimum Gasteiger partial charge on any atom is -0.389 e. The molecule has 0 fully saturated rings. The van der Waals surface area contributed by atoms with Crippen LogP contribution in [0.3, 0.4) is 0 Å². The summed E-state index contributed by atoms with van der Waals surface area (Å²) >= 11 is 0. The summed E-state index contributed by atoms with van der Waals surface area (Å²) < 4.78 is 0. The summed E-state index contributed by atoms with van der Waals surface area (Å²) in [5, 5.41) is 12.2. The first-order valence-corrected chi connectivity index (χ1v) is 6.04. The second kappa shape index (κ2) is 5.84. The number of benzene rings is 1. The molecule has 0 bridgehead atoms. The summed E-state index contributed by atoms with van der Waals surface area (Å²) in [6, 6.07) is 6.50. The molecule has 1 rings (SSSR count). The van der Waals surface area contributed by atoms with Gasteiger partial charge < -0.3 is 15.3 Å². The molecule has 5 nitrogen and oxygen atoms in total. The van der Waals surface area contributed by atoms with E-state index in [1.165, 1.54) is 11.9 Å². The molecule has 0 heterocycles. The average Bonchev–Trinajstić information content (AvgIpc) is 2.35. The number of carbonyl (C=O) groups is 2. The fraction of sp³-hybridized carbons (Fsp3) is 0.429. The van der Waals surface area contributed by atoms with Crippen molar-refractivity contribution in [1.29, 1.82) is 0 Å². The second-order valence-electron chi connectivity index (χ2n) is 5.13. The topological polar surface area (TPSA) is 69.6 Å². The molecule has 0 aliphatic rings. The van der Waals surface area contributed by atoms with Gasteiger partial charge in [-0.15, -0.1) is 0 Å². The fourth-order valence-electron chi connectivity index (χ4n) is 1.81. The molecule has 5 heteroatoms. The van der Waals surface area contributed by atoms with Gasteiger partial charge in [0.1, 0.15) is 0 Å². The molecule has 0 radical (unpaired) electrons. The predicted octanol–water partition coefficient (Wildman–Crippen LogP) is 0.889. The van der Waals surface area contributed by atoms with Gasteiger partial charge in [-0.25, -0.2) is 0 Å². The van der Waals surface area contributed by atoms with E-state index in [9.17, 15) is 14.7 Å². The lowest BCUT2D eigenvalue weighted by Gasteiger charge is -2.25. The van der Waals surface area contributed by atoms with E-state index in [1.807, 2.05) is 0 Å². The Bertz CT molecular complexity index is 478. The summed E-state index contributed by atoms with van der Waals surface area (Å²) in [6.07, 6.45) is 0. The lowest BCUT2D eigenvalue weighted by Crippen LogP contribution is -2.39. The van der Waals surface area contributed by atoms with Gasteiger partial charge in [-0.2, -0.15) is 0 Å². The van der Waals surface area contributed by atoms with Crippen LogP contribution in [0.25, 0.3) is 0 Å². The molecule has 2 N–H and O–H groups in total. The zero-order valence-electron chi connectivity index (χ0n) is 11.7. The van der Waals surface area contributed by atoms with Crippen molar-refractivity contribution in [3.63, 3.8) is 0 Å². The number of likely N-dealkylation sites (N-methyl/N-ethyl adjacent to an activating group) is 1. The molecule has 0 aliphatic carbocycles. The summed E-state index contributed by atoms with van der Waals surface area (Å²) in [4.78, 5) is 25.1. The number of aliphatic hydroxyl groups is 1. The van der Waals surface area contributed by atoms with E-state index in [-0.39, 0.29) is 18.4 Å². The molecule has 104 valence electrons. The number of hydrogen-bond acceptors (Lipinski definition) is 3. The van der Waals surface area contributed by atoms with Crippen LogP contribution in [-0.2, 0) is 0 Å². The average molecular weight is 264 g/mol. The molecular formula is C14H20N2O3. The van der Waals surface area contributed by atoms with Crippen molar-refractivity contribution >= 4 is 11.8 Å². The quantitative estimate of drug-likeness (QED) is 0.848. The number of nitrogens with one attached hydrogen (secondary N) is 1. The molecule has 0 saturated carbocycles. The zero-order valence-corrected chi connectivity index (χ0v) is 11.7. The lowest BCUT2D eigenvalue weighted by atomic mass is 10.1. The molecule has 0 unspecified atom stereocenters. The van der Waals surface area contributed by atoms with Crippen molar-refractivity contribution in [2.45, 2.75) is 19.4 Å². The predicted molar refractivity (Wildman–Crippen MR) is 73.1 cm³/mol. The van der Waals surface area contributed by atoms with E-state index in [1.54, 1.807) is 45.2 Å². The van der Waals surface area contributed by atoms with Crippen LogP contribution in [0.1, 0.15) is 34.6 Å². The Morgan fingerprint density at radius 1 is 1.32 bits per heavy atom. The normalized spacial score (nSPS) is 11.0. The minimum absolute atomic E-state index is 0.218. The third kappa shape index (κ3) is 4.37. The summed E-state index contributed by atoms with van der Waals surface area (Å²) in [6.45, 7) is 3.49. The lowest BCUT2D eigenvalue weighted by molar-refractivity contribution is 0.0368. The van der Waals surface area contributed by atoms with Gasteiger partial charge in [0.25, 0.3) is 11.8 Å². The number of carbonyl (C=O) groups excluding carboxylic acids is 2. The van der Waals surface area contributed by atoms with E-state index in [2.05, 4.69) is 5.32 Å². The van der Waals surface area contributed by atoms with Crippen LogP contribution >= 0.6 is 0 Å². The summed E-state index contributed by atoms with van der Waals surface area (Å²) in [7, 11) is 3.16. The van der Waals surface area contributed by atoms with Crippen LogP contribution in [0, 0.1) is 0 Å². The van der Waals surface area contributed by atoms with Gasteiger partial charge in [0.05, 0.1) is 5.60 Å². The first-order valence-electron chi connectivity index (χ1n) is 6.04. The summed E-state index contributed by atoms with van der Waals surface area (Å²) in [5.74, 6) is -0.465. The molecule has 1 aromatic rings. The van der Waals surface area contributed by atoms with Crippen LogP contribution in [0.2, 0.25) is 0 Å². The molecular weight excluding hydrogens is 244 g/mol. The Hall–Kier alpha value is -1.88. The Morgan fingerprint density at radius 3 is 2.42 bits per heavy atom. The van der Waals surface area contributed by atoms with E-state index >= 15 is 0 Å². The molecule has 0 aliphatic heterocycles. The highest BCUT2D eigenvalue weighted by Crippen LogP contribution is 2.10. The van der Waals surface area contributed by atoms with E-state index in [0.717, 1.165) is 0 Å². The van der Waals surface area contributed by atoms with Crippen LogP contribution in [0.15, 0.2) is 24.3 Å². The van der Waals surface area contributed by atoms with Crippen molar-refractivity contribution in [2.75, 3.05) is 20.6 Å². The highest BCUT2D eigenvalue weighted by molar-refractivity contribution is 5.99. The first kappa shape index (κ1) is 15.2. The van der Waals surface area contributed by atoms with Crippen molar-refractivity contribution in [1.82, 2.24) is 10.2 Å². The zero-order chi connectivity index (χ0) is 14.6. The van der Waals surface area contributed by atoms with E-state index < -0.39 is 5.60 Å². The van der Waals surface area contributed by atoms with Gasteiger partial charge in [-0.3, -0.25) is 9.59 Å². The monoisotopic (exact) mass is 264 g/mol. The number of amides is 2. The number of hydrogen-bond donors (Lipinski definition) is 2. The maximum atomic E-state index is 12.2. The summed E-state index contributed by atoms with van der Waals surface area (Å²) in [5.41, 5.74) is -0.0964. The van der Waals surface area contributed by atoms with Gasteiger partial charge in [-0.1, -0.05) is 6.07 Å². The van der Waals surface area contributed by atoms with Gasteiger partial charge in [-0.05, 0) is 32.0 Å². The van der Waals surface area contributed by atoms with Crippen LogP contribution in [0.4, 0.5) is 0 Å². The van der Waals surface area contributed by atoms with Crippen molar-refractivity contribution < 1.29 is 14.7 Å². The number of nitrogens with zero attached hydrogens (tertiary/aromatic N) is 1. The number of rotatable bonds is 4. The standard InChI is InChI=1S/C14H20N2O3/c1-14(2,19)9-16(4)13(18)11-7-5-6-10(8-11)12(17)15-3/h5-8,19H,9H2,1-4H3,(H,15,17). The second-order valence-corrected chi connectivity index (χ2v) is 5.13. The van der Waals surface area contributed by atoms with E-state index in [4.69, 9.17) is 0 Å². The highest BCUT2D eigenvalue weighted by atomic mass is 16.3. The Labute approximate surface area is 113 Å². The molecule has 19 heavy (non-hydrogen) atoms. The third-order valence-electron chi connectivity index (χ3n) is 2.57. The van der Waals surface area contributed by atoms with Gasteiger partial charge in [0.2, 0.25) is 0 Å². The largest absolute Gasteiger partial charge is 0.389 e. The third-order valence-corrected chi connectivity index (χ3v) is 2.57. The smallest absolute Gasteiger partial charge is 0.253 e. The SMILES string of the molecule is CNC(=O)c1cccc(C(=O)N(C)CC(C)(C)O)c1. The maximum absolute atomic E-state index is 12.2. The van der Waals surface area contributed by atoms with Crippen LogP contribution in [-0.4, -0.2) is 48.1 Å². The molecule has 0 spiro atoms. The van der Waals surface area contributed by atoms with Crippen molar-refractivity contribution in [2.24, 2.45) is 0 Å².